The molecule has 0 amide bonds. The van der Waals surface area contributed by atoms with Crippen molar-refractivity contribution >= 4 is 5.78 Å². The maximum absolute atomic E-state index is 12.2. The summed E-state index contributed by atoms with van der Waals surface area (Å²) in [4.78, 5) is 14.5. The largest absolute Gasteiger partial charge is 0.385 e. The fourth-order valence-corrected chi connectivity index (χ4v) is 2.78. The number of methoxy groups -OCH3 is 1. The molecule has 4 heteroatoms. The number of rotatable bonds is 8. The summed E-state index contributed by atoms with van der Waals surface area (Å²) < 4.78 is 5.00. The van der Waals surface area contributed by atoms with Crippen LogP contribution in [-0.4, -0.2) is 43.5 Å². The van der Waals surface area contributed by atoms with Gasteiger partial charge in [0, 0.05) is 51.4 Å². The summed E-state index contributed by atoms with van der Waals surface area (Å²) in [5, 5.41) is 0. The fourth-order valence-electron chi connectivity index (χ4n) is 2.78. The van der Waals surface area contributed by atoms with Crippen LogP contribution >= 0.6 is 0 Å². The predicted octanol–water partition coefficient (Wildman–Crippen LogP) is 2.22. The number of unbranched alkanes of at least 4 members (excludes halogenated alkanes) is 1. The lowest BCUT2D eigenvalue weighted by Crippen LogP contribution is -2.26. The number of ether oxygens (including phenoxy) is 1. The minimum atomic E-state index is 0.228. The number of ketones is 1. The van der Waals surface area contributed by atoms with Crippen molar-refractivity contribution in [2.75, 3.05) is 26.8 Å². The molecule has 1 aromatic rings. The van der Waals surface area contributed by atoms with E-state index in [0.29, 0.717) is 12.5 Å². The number of hydrogen-bond donors (Lipinski definition) is 1. The number of likely N-dealkylation sites (tertiary alicyclic amines) is 1. The van der Waals surface area contributed by atoms with E-state index in [1.165, 1.54) is 5.56 Å². The number of Topliss-reactive ketones (excluding diaryl/α,β-unsaturated/α-hetero) is 1. The van der Waals surface area contributed by atoms with E-state index in [9.17, 15) is 4.79 Å². The Morgan fingerprint density at radius 3 is 3.00 bits per heavy atom. The second-order valence-electron chi connectivity index (χ2n) is 5.86. The zero-order chi connectivity index (χ0) is 15.1. The topological polar surface area (TPSA) is 55.6 Å². The van der Waals surface area contributed by atoms with Crippen molar-refractivity contribution in [1.29, 1.82) is 0 Å². The van der Waals surface area contributed by atoms with Crippen molar-refractivity contribution in [3.8, 4) is 0 Å². The summed E-state index contributed by atoms with van der Waals surface area (Å²) >= 11 is 0. The summed E-state index contributed by atoms with van der Waals surface area (Å²) in [6.45, 7) is 3.62. The van der Waals surface area contributed by atoms with Gasteiger partial charge in [0.2, 0.25) is 0 Å². The SMILES string of the molecule is COCCCCC(=O)c1cccc(CN2CCC(N)C2)c1. The van der Waals surface area contributed by atoms with E-state index >= 15 is 0 Å². The molecule has 0 aromatic heterocycles. The number of carbonyl (C=O) groups excluding carboxylic acids is 1. The highest BCUT2D eigenvalue weighted by molar-refractivity contribution is 5.96. The zero-order valence-electron chi connectivity index (χ0n) is 12.9. The zero-order valence-corrected chi connectivity index (χ0v) is 12.9. The van der Waals surface area contributed by atoms with Crippen molar-refractivity contribution in [2.45, 2.75) is 38.3 Å². The molecule has 1 aliphatic heterocycles. The smallest absolute Gasteiger partial charge is 0.162 e. The summed E-state index contributed by atoms with van der Waals surface area (Å²) in [7, 11) is 1.69. The first-order chi connectivity index (χ1) is 10.2. The average molecular weight is 290 g/mol. The maximum Gasteiger partial charge on any atom is 0.162 e. The van der Waals surface area contributed by atoms with E-state index in [2.05, 4.69) is 11.0 Å². The van der Waals surface area contributed by atoms with Gasteiger partial charge >= 0.3 is 0 Å². The Morgan fingerprint density at radius 1 is 1.43 bits per heavy atom. The molecule has 0 spiro atoms. The van der Waals surface area contributed by atoms with Crippen LogP contribution in [0, 0.1) is 0 Å². The molecule has 0 aliphatic carbocycles. The molecule has 1 atom stereocenters. The molecular formula is C17H26N2O2. The van der Waals surface area contributed by atoms with Gasteiger partial charge in [-0.15, -0.1) is 0 Å². The molecule has 4 nitrogen and oxygen atoms in total. The minimum absolute atomic E-state index is 0.228. The Morgan fingerprint density at radius 2 is 2.29 bits per heavy atom. The molecule has 1 heterocycles. The first kappa shape index (κ1) is 16.1. The Kier molecular flexibility index (Phi) is 6.36. The lowest BCUT2D eigenvalue weighted by Gasteiger charge is -2.15. The van der Waals surface area contributed by atoms with Crippen LogP contribution in [-0.2, 0) is 11.3 Å². The van der Waals surface area contributed by atoms with Gasteiger partial charge in [0.1, 0.15) is 0 Å². The molecule has 0 radical (unpaired) electrons. The number of nitrogens with two attached hydrogens (primary N) is 1. The monoisotopic (exact) mass is 290 g/mol. The number of nitrogens with zero attached hydrogens (tertiary/aromatic N) is 1. The van der Waals surface area contributed by atoms with Crippen molar-refractivity contribution < 1.29 is 9.53 Å². The van der Waals surface area contributed by atoms with Gasteiger partial charge in [-0.3, -0.25) is 9.69 Å². The third kappa shape index (κ3) is 5.23. The highest BCUT2D eigenvalue weighted by atomic mass is 16.5. The first-order valence-corrected chi connectivity index (χ1v) is 7.78. The van der Waals surface area contributed by atoms with Crippen LogP contribution in [0.2, 0.25) is 0 Å². The number of carbonyl (C=O) groups is 1. The normalized spacial score (nSPS) is 19.0. The van der Waals surface area contributed by atoms with Gasteiger partial charge in [-0.05, 0) is 30.9 Å². The quantitative estimate of drug-likeness (QED) is 0.589. The van der Waals surface area contributed by atoms with Crippen LogP contribution in [0.1, 0.15) is 41.6 Å². The molecule has 1 unspecified atom stereocenters. The molecular weight excluding hydrogens is 264 g/mol. The Balaban J connectivity index is 1.86. The van der Waals surface area contributed by atoms with Gasteiger partial charge in [0.05, 0.1) is 0 Å². The van der Waals surface area contributed by atoms with E-state index in [1.807, 2.05) is 18.2 Å². The summed E-state index contributed by atoms with van der Waals surface area (Å²) in [6, 6.07) is 8.32. The molecule has 1 saturated heterocycles. The molecule has 0 saturated carbocycles. The predicted molar refractivity (Wildman–Crippen MR) is 84.4 cm³/mol. The standard InChI is InChI=1S/C17H26N2O2/c1-21-10-3-2-7-17(20)15-6-4-5-14(11-15)12-19-9-8-16(18)13-19/h4-6,11,16H,2-3,7-10,12-13,18H2,1H3. The van der Waals surface area contributed by atoms with Crippen molar-refractivity contribution in [3.63, 3.8) is 0 Å². The molecule has 1 fully saturated rings. The third-order valence-electron chi connectivity index (χ3n) is 3.97. The lowest BCUT2D eigenvalue weighted by atomic mass is 10.0. The van der Waals surface area contributed by atoms with Crippen LogP contribution in [0.25, 0.3) is 0 Å². The van der Waals surface area contributed by atoms with Gasteiger partial charge in [-0.2, -0.15) is 0 Å². The van der Waals surface area contributed by atoms with E-state index < -0.39 is 0 Å². The highest BCUT2D eigenvalue weighted by Gasteiger charge is 2.19. The second-order valence-corrected chi connectivity index (χ2v) is 5.86. The average Bonchev–Trinajstić information content (AvgIpc) is 2.89. The minimum Gasteiger partial charge on any atom is -0.385 e. The molecule has 0 bridgehead atoms. The Hall–Kier alpha value is -1.23. The van der Waals surface area contributed by atoms with E-state index in [1.54, 1.807) is 7.11 Å². The highest BCUT2D eigenvalue weighted by Crippen LogP contribution is 2.15. The van der Waals surface area contributed by atoms with Gasteiger partial charge in [-0.1, -0.05) is 18.2 Å². The first-order valence-electron chi connectivity index (χ1n) is 7.78. The molecule has 2 rings (SSSR count). The van der Waals surface area contributed by atoms with Crippen molar-refractivity contribution in [2.24, 2.45) is 5.73 Å². The van der Waals surface area contributed by atoms with Crippen LogP contribution < -0.4 is 5.73 Å². The van der Waals surface area contributed by atoms with Crippen molar-refractivity contribution in [3.05, 3.63) is 35.4 Å². The van der Waals surface area contributed by atoms with Gasteiger partial charge < -0.3 is 10.5 Å². The lowest BCUT2D eigenvalue weighted by molar-refractivity contribution is 0.0974. The fraction of sp³-hybridized carbons (Fsp3) is 0.588. The number of benzene rings is 1. The van der Waals surface area contributed by atoms with Gasteiger partial charge in [0.15, 0.2) is 5.78 Å². The second kappa shape index (κ2) is 8.27. The molecule has 1 aromatic carbocycles. The van der Waals surface area contributed by atoms with Crippen LogP contribution in [0.5, 0.6) is 0 Å². The Bertz CT molecular complexity index is 462. The van der Waals surface area contributed by atoms with Gasteiger partial charge in [0.25, 0.3) is 0 Å². The van der Waals surface area contributed by atoms with Crippen LogP contribution in [0.15, 0.2) is 24.3 Å². The summed E-state index contributed by atoms with van der Waals surface area (Å²) in [6.07, 6.45) is 3.49. The Labute approximate surface area is 127 Å². The maximum atomic E-state index is 12.2. The summed E-state index contributed by atoms with van der Waals surface area (Å²) in [5.74, 6) is 0.228. The molecule has 116 valence electrons. The van der Waals surface area contributed by atoms with Crippen LogP contribution in [0.4, 0.5) is 0 Å². The third-order valence-corrected chi connectivity index (χ3v) is 3.97. The number of hydrogen-bond acceptors (Lipinski definition) is 4. The molecule has 21 heavy (non-hydrogen) atoms. The molecule has 1 aliphatic rings. The van der Waals surface area contributed by atoms with Gasteiger partial charge in [-0.25, -0.2) is 0 Å². The van der Waals surface area contributed by atoms with E-state index in [-0.39, 0.29) is 5.78 Å². The summed E-state index contributed by atoms with van der Waals surface area (Å²) in [5.41, 5.74) is 7.96. The van der Waals surface area contributed by atoms with Crippen molar-refractivity contribution in [1.82, 2.24) is 4.90 Å². The van der Waals surface area contributed by atoms with E-state index in [4.69, 9.17) is 10.5 Å². The molecule has 2 N–H and O–H groups in total. The van der Waals surface area contributed by atoms with E-state index in [0.717, 1.165) is 51.1 Å². The van der Waals surface area contributed by atoms with Crippen LogP contribution in [0.3, 0.4) is 0 Å².